The van der Waals surface area contributed by atoms with E-state index in [0.29, 0.717) is 17.7 Å². The SMILES string of the molecule is CC1=NN(c2ccc(C(=O)Cl)cc2)C(=O)C1. The standard InChI is InChI=1S/C11H9ClN2O2/c1-7-6-10(15)14(13-7)9-4-2-8(3-5-9)11(12)16/h2-5H,6H2,1H3. The van der Waals surface area contributed by atoms with E-state index in [1.165, 1.54) is 5.01 Å². The molecule has 0 aliphatic carbocycles. The largest absolute Gasteiger partial charge is 0.276 e. The number of hydrogen-bond donors (Lipinski definition) is 0. The van der Waals surface area contributed by atoms with Gasteiger partial charge in [0.15, 0.2) is 0 Å². The highest BCUT2D eigenvalue weighted by Crippen LogP contribution is 2.21. The maximum Gasteiger partial charge on any atom is 0.253 e. The smallest absolute Gasteiger partial charge is 0.253 e. The van der Waals surface area contributed by atoms with Crippen LogP contribution >= 0.6 is 11.6 Å². The number of hydrogen-bond acceptors (Lipinski definition) is 3. The summed E-state index contributed by atoms with van der Waals surface area (Å²) in [4.78, 5) is 22.4. The van der Waals surface area contributed by atoms with Crippen LogP contribution in [-0.4, -0.2) is 16.9 Å². The number of halogens is 1. The molecular formula is C11H9ClN2O2. The van der Waals surface area contributed by atoms with Crippen molar-refractivity contribution < 1.29 is 9.59 Å². The van der Waals surface area contributed by atoms with E-state index in [0.717, 1.165) is 5.71 Å². The van der Waals surface area contributed by atoms with Crippen LogP contribution in [0.4, 0.5) is 5.69 Å². The zero-order chi connectivity index (χ0) is 11.7. The highest BCUT2D eigenvalue weighted by molar-refractivity contribution is 6.67. The van der Waals surface area contributed by atoms with E-state index in [-0.39, 0.29) is 5.91 Å². The third kappa shape index (κ3) is 1.97. The Morgan fingerprint density at radius 1 is 1.38 bits per heavy atom. The summed E-state index contributed by atoms with van der Waals surface area (Å²) in [6.07, 6.45) is 0.343. The van der Waals surface area contributed by atoms with Crippen LogP contribution in [0.15, 0.2) is 29.4 Å². The lowest BCUT2D eigenvalue weighted by atomic mass is 10.2. The molecule has 1 aliphatic heterocycles. The topological polar surface area (TPSA) is 49.7 Å². The first-order chi connectivity index (χ1) is 7.58. The van der Waals surface area contributed by atoms with E-state index in [2.05, 4.69) is 5.10 Å². The maximum absolute atomic E-state index is 11.5. The first-order valence-corrected chi connectivity index (χ1v) is 5.12. The average molecular weight is 237 g/mol. The molecule has 0 N–H and O–H groups in total. The summed E-state index contributed by atoms with van der Waals surface area (Å²) in [5.41, 5.74) is 1.82. The Hall–Kier alpha value is -1.68. The molecular weight excluding hydrogens is 228 g/mol. The number of anilines is 1. The minimum Gasteiger partial charge on any atom is -0.276 e. The molecule has 0 radical (unpaired) electrons. The molecule has 0 bridgehead atoms. The molecule has 0 saturated carbocycles. The van der Waals surface area contributed by atoms with Gasteiger partial charge in [-0.05, 0) is 42.8 Å². The van der Waals surface area contributed by atoms with Crippen LogP contribution < -0.4 is 5.01 Å². The third-order valence-corrected chi connectivity index (χ3v) is 2.47. The van der Waals surface area contributed by atoms with Crippen LogP contribution in [-0.2, 0) is 4.79 Å². The van der Waals surface area contributed by atoms with Crippen molar-refractivity contribution >= 4 is 34.1 Å². The van der Waals surface area contributed by atoms with Gasteiger partial charge in [0.05, 0.1) is 12.1 Å². The molecule has 0 unspecified atom stereocenters. The van der Waals surface area contributed by atoms with E-state index < -0.39 is 5.24 Å². The second kappa shape index (κ2) is 4.06. The number of benzene rings is 1. The monoisotopic (exact) mass is 236 g/mol. The van der Waals surface area contributed by atoms with E-state index >= 15 is 0 Å². The Kier molecular flexibility index (Phi) is 2.75. The van der Waals surface area contributed by atoms with Crippen molar-refractivity contribution in [1.29, 1.82) is 0 Å². The Bertz CT molecular complexity index is 479. The molecule has 0 fully saturated rings. The fraction of sp³-hybridized carbons (Fsp3) is 0.182. The van der Waals surface area contributed by atoms with Crippen LogP contribution in [0.5, 0.6) is 0 Å². The van der Waals surface area contributed by atoms with E-state index in [9.17, 15) is 9.59 Å². The van der Waals surface area contributed by atoms with E-state index in [1.807, 2.05) is 0 Å². The third-order valence-electron chi connectivity index (χ3n) is 2.25. The second-order valence-corrected chi connectivity index (χ2v) is 3.88. The van der Waals surface area contributed by atoms with Crippen molar-refractivity contribution in [1.82, 2.24) is 0 Å². The Balaban J connectivity index is 2.29. The number of carbonyl (C=O) groups excluding carboxylic acids is 2. The first-order valence-electron chi connectivity index (χ1n) is 4.75. The molecule has 5 heteroatoms. The zero-order valence-electron chi connectivity index (χ0n) is 8.61. The minimum absolute atomic E-state index is 0.0672. The molecule has 2 rings (SSSR count). The van der Waals surface area contributed by atoms with Crippen molar-refractivity contribution in [2.45, 2.75) is 13.3 Å². The van der Waals surface area contributed by atoms with Gasteiger partial charge >= 0.3 is 0 Å². The molecule has 1 aliphatic rings. The molecule has 0 saturated heterocycles. The number of rotatable bonds is 2. The van der Waals surface area contributed by atoms with Crippen molar-refractivity contribution in [3.63, 3.8) is 0 Å². The number of hydrazone groups is 1. The Labute approximate surface area is 97.5 Å². The van der Waals surface area contributed by atoms with Crippen LogP contribution in [0.3, 0.4) is 0 Å². The van der Waals surface area contributed by atoms with Crippen LogP contribution in [0, 0.1) is 0 Å². The van der Waals surface area contributed by atoms with Gasteiger partial charge in [0.2, 0.25) is 0 Å². The molecule has 1 amide bonds. The lowest BCUT2D eigenvalue weighted by molar-refractivity contribution is -0.116. The minimum atomic E-state index is -0.515. The van der Waals surface area contributed by atoms with Crippen molar-refractivity contribution in [2.24, 2.45) is 5.10 Å². The normalized spacial score (nSPS) is 15.2. The second-order valence-electron chi connectivity index (χ2n) is 3.54. The molecule has 16 heavy (non-hydrogen) atoms. The van der Waals surface area contributed by atoms with Gasteiger partial charge in [0.25, 0.3) is 11.1 Å². The highest BCUT2D eigenvalue weighted by Gasteiger charge is 2.22. The number of nitrogens with zero attached hydrogens (tertiary/aromatic N) is 2. The predicted molar refractivity (Wildman–Crippen MR) is 61.8 cm³/mol. The van der Waals surface area contributed by atoms with Crippen LogP contribution in [0.25, 0.3) is 0 Å². The summed E-state index contributed by atoms with van der Waals surface area (Å²) in [5, 5.41) is 4.91. The van der Waals surface area contributed by atoms with E-state index in [1.54, 1.807) is 31.2 Å². The maximum atomic E-state index is 11.5. The predicted octanol–water partition coefficient (Wildman–Crippen LogP) is 2.18. The summed E-state index contributed by atoms with van der Waals surface area (Å²) >= 11 is 5.32. The molecule has 1 heterocycles. The van der Waals surface area contributed by atoms with Crippen LogP contribution in [0.2, 0.25) is 0 Å². The number of amides is 1. The first kappa shape index (κ1) is 10.8. The van der Waals surface area contributed by atoms with Gasteiger partial charge in [-0.2, -0.15) is 5.10 Å². The van der Waals surface area contributed by atoms with Crippen molar-refractivity contribution in [2.75, 3.05) is 5.01 Å². The fourth-order valence-electron chi connectivity index (χ4n) is 1.49. The summed E-state index contributed by atoms with van der Waals surface area (Å²) in [6, 6.07) is 6.44. The van der Waals surface area contributed by atoms with Gasteiger partial charge in [-0.3, -0.25) is 9.59 Å². The van der Waals surface area contributed by atoms with Crippen molar-refractivity contribution in [3.8, 4) is 0 Å². The molecule has 4 nitrogen and oxygen atoms in total. The van der Waals surface area contributed by atoms with Gasteiger partial charge < -0.3 is 0 Å². The van der Waals surface area contributed by atoms with Gasteiger partial charge in [0, 0.05) is 11.3 Å². The Morgan fingerprint density at radius 2 is 2.00 bits per heavy atom. The van der Waals surface area contributed by atoms with Gasteiger partial charge in [0.1, 0.15) is 0 Å². The van der Waals surface area contributed by atoms with E-state index in [4.69, 9.17) is 11.6 Å². The molecule has 0 aromatic heterocycles. The molecule has 82 valence electrons. The summed E-state index contributed by atoms with van der Waals surface area (Å²) in [7, 11) is 0. The quantitative estimate of drug-likeness (QED) is 0.739. The van der Waals surface area contributed by atoms with Gasteiger partial charge in [-0.15, -0.1) is 0 Å². The number of carbonyl (C=O) groups is 2. The fourth-order valence-corrected chi connectivity index (χ4v) is 1.62. The lowest BCUT2D eigenvalue weighted by Crippen LogP contribution is -2.19. The summed E-state index contributed by atoms with van der Waals surface area (Å²) in [6.45, 7) is 1.80. The van der Waals surface area contributed by atoms with Gasteiger partial charge in [-0.1, -0.05) is 0 Å². The average Bonchev–Trinajstić information content (AvgIpc) is 2.58. The van der Waals surface area contributed by atoms with Crippen molar-refractivity contribution in [3.05, 3.63) is 29.8 Å². The van der Waals surface area contributed by atoms with Gasteiger partial charge in [-0.25, -0.2) is 5.01 Å². The molecule has 1 aromatic carbocycles. The summed E-state index contributed by atoms with van der Waals surface area (Å²) < 4.78 is 0. The Morgan fingerprint density at radius 3 is 2.44 bits per heavy atom. The molecule has 0 spiro atoms. The molecule has 0 atom stereocenters. The lowest BCUT2D eigenvalue weighted by Gasteiger charge is -2.11. The zero-order valence-corrected chi connectivity index (χ0v) is 9.36. The summed E-state index contributed by atoms with van der Waals surface area (Å²) in [5.74, 6) is -0.0672. The van der Waals surface area contributed by atoms with Crippen LogP contribution in [0.1, 0.15) is 23.7 Å². The molecule has 1 aromatic rings. The highest BCUT2D eigenvalue weighted by atomic mass is 35.5.